The Morgan fingerprint density at radius 3 is 2.75 bits per heavy atom. The molecule has 3 atom stereocenters. The normalized spacial score (nSPS) is 19.9. The number of aromatic nitrogens is 1. The van der Waals surface area contributed by atoms with E-state index in [0.717, 1.165) is 65.9 Å². The van der Waals surface area contributed by atoms with Gasteiger partial charge in [0, 0.05) is 35.7 Å². The lowest BCUT2D eigenvalue weighted by atomic mass is 9.83. The van der Waals surface area contributed by atoms with Crippen LogP contribution in [0.3, 0.4) is 0 Å². The molecule has 1 aromatic heterocycles. The van der Waals surface area contributed by atoms with Gasteiger partial charge in [-0.15, -0.1) is 0 Å². The standard InChI is InChI=1S/C32H32N4O4/c1-2-40-30-11-10-21(16-33-34-32(39)27-14-23-6-3-4-7-24(23)15-29(27)37)12-26(30)20-35-17-22-13-25(19-35)28-8-5-9-31(38)36(28)18-22/h3-12,14-16,22,25,37H,2,13,17-20H2,1H3,(H,34,39)/p+1. The zero-order valence-corrected chi connectivity index (χ0v) is 22.5. The number of phenols is 1. The molecule has 2 aliphatic heterocycles. The van der Waals surface area contributed by atoms with E-state index in [0.29, 0.717) is 18.4 Å². The molecule has 4 aromatic rings. The smallest absolute Gasteiger partial charge is 0.275 e. The lowest BCUT2D eigenvalue weighted by molar-refractivity contribution is -0.924. The fraction of sp³-hybridized carbons (Fsp3) is 0.281. The number of aromatic hydroxyl groups is 1. The van der Waals surface area contributed by atoms with Crippen LogP contribution in [-0.4, -0.2) is 41.5 Å². The first kappa shape index (κ1) is 25.8. The third-order valence-corrected chi connectivity index (χ3v) is 7.99. The van der Waals surface area contributed by atoms with Gasteiger partial charge in [-0.05, 0) is 66.1 Å². The second-order valence-corrected chi connectivity index (χ2v) is 10.7. The topological polar surface area (TPSA) is 97.4 Å². The number of carbonyl (C=O) groups excluding carboxylic acids is 1. The number of quaternary nitrogens is 1. The first-order valence-corrected chi connectivity index (χ1v) is 13.8. The van der Waals surface area contributed by atoms with Crippen molar-refractivity contribution in [1.29, 1.82) is 0 Å². The molecular formula is C32H33N4O4+. The van der Waals surface area contributed by atoms with Gasteiger partial charge in [-0.1, -0.05) is 30.3 Å². The van der Waals surface area contributed by atoms with E-state index < -0.39 is 5.91 Å². The number of nitrogens with zero attached hydrogens (tertiary/aromatic N) is 2. The molecule has 204 valence electrons. The van der Waals surface area contributed by atoms with E-state index in [4.69, 9.17) is 4.74 Å². The number of rotatable bonds is 7. The fourth-order valence-corrected chi connectivity index (χ4v) is 6.28. The van der Waals surface area contributed by atoms with E-state index >= 15 is 0 Å². The molecule has 1 saturated heterocycles. The van der Waals surface area contributed by atoms with Crippen molar-refractivity contribution in [2.75, 3.05) is 19.7 Å². The molecule has 1 amide bonds. The number of piperidine rings is 1. The summed E-state index contributed by atoms with van der Waals surface area (Å²) in [5, 5.41) is 16.2. The average Bonchev–Trinajstić information content (AvgIpc) is 2.94. The zero-order chi connectivity index (χ0) is 27.6. The number of benzene rings is 3. The molecular weight excluding hydrogens is 504 g/mol. The van der Waals surface area contributed by atoms with E-state index in [-0.39, 0.29) is 16.9 Å². The summed E-state index contributed by atoms with van der Waals surface area (Å²) in [5.41, 5.74) is 5.90. The average molecular weight is 538 g/mol. The van der Waals surface area contributed by atoms with E-state index in [1.165, 1.54) is 4.90 Å². The maximum Gasteiger partial charge on any atom is 0.275 e. The molecule has 2 aliphatic rings. The Morgan fingerprint density at radius 2 is 1.93 bits per heavy atom. The van der Waals surface area contributed by atoms with Gasteiger partial charge < -0.3 is 19.3 Å². The molecule has 3 unspecified atom stereocenters. The molecule has 0 saturated carbocycles. The van der Waals surface area contributed by atoms with Crippen LogP contribution >= 0.6 is 0 Å². The zero-order valence-electron chi connectivity index (χ0n) is 22.5. The molecule has 3 aromatic carbocycles. The van der Waals surface area contributed by atoms with E-state index in [9.17, 15) is 14.7 Å². The van der Waals surface area contributed by atoms with Gasteiger partial charge in [0.25, 0.3) is 11.5 Å². The number of hydrazone groups is 1. The first-order chi connectivity index (χ1) is 19.5. The van der Waals surface area contributed by atoms with Crippen LogP contribution in [0.25, 0.3) is 10.8 Å². The molecule has 2 bridgehead atoms. The number of ether oxygens (including phenoxy) is 1. The van der Waals surface area contributed by atoms with Crippen LogP contribution in [0.1, 0.15) is 46.4 Å². The van der Waals surface area contributed by atoms with Crippen molar-refractivity contribution in [2.24, 2.45) is 11.0 Å². The summed E-state index contributed by atoms with van der Waals surface area (Å²) in [5.74, 6) is 1.14. The van der Waals surface area contributed by atoms with Crippen molar-refractivity contribution < 1.29 is 19.5 Å². The van der Waals surface area contributed by atoms with Crippen LogP contribution < -0.4 is 20.6 Å². The Kier molecular flexibility index (Phi) is 7.09. The molecule has 0 radical (unpaired) electrons. The maximum absolute atomic E-state index is 12.7. The highest BCUT2D eigenvalue weighted by atomic mass is 16.5. The van der Waals surface area contributed by atoms with Crippen molar-refractivity contribution in [1.82, 2.24) is 9.99 Å². The largest absolute Gasteiger partial charge is 0.507 e. The third-order valence-electron chi connectivity index (χ3n) is 7.99. The number of fused-ring (bicyclic) bond motifs is 5. The minimum absolute atomic E-state index is 0.0865. The highest BCUT2D eigenvalue weighted by Gasteiger charge is 2.37. The quantitative estimate of drug-likeness (QED) is 0.249. The number of likely N-dealkylation sites (tertiary alicyclic amines) is 1. The van der Waals surface area contributed by atoms with Crippen LogP contribution in [0.2, 0.25) is 0 Å². The minimum Gasteiger partial charge on any atom is -0.507 e. The SMILES string of the molecule is CCOc1ccc(C=NNC(=O)c2cc3ccccc3cc2O)cc1C[NH+]1CC2CC(C1)c1cccc(=O)n1C2. The molecule has 8 nitrogen and oxygen atoms in total. The van der Waals surface area contributed by atoms with Crippen LogP contribution in [0.15, 0.2) is 82.7 Å². The van der Waals surface area contributed by atoms with Crippen molar-refractivity contribution in [3.63, 3.8) is 0 Å². The summed E-state index contributed by atoms with van der Waals surface area (Å²) in [6, 6.07) is 22.4. The molecule has 0 aliphatic carbocycles. The van der Waals surface area contributed by atoms with Crippen molar-refractivity contribution in [3.05, 3.63) is 106 Å². The number of amides is 1. The Bertz CT molecular complexity index is 1660. The molecule has 3 N–H and O–H groups in total. The monoisotopic (exact) mass is 537 g/mol. The van der Waals surface area contributed by atoms with E-state index in [2.05, 4.69) is 22.7 Å². The summed E-state index contributed by atoms with van der Waals surface area (Å²) >= 11 is 0. The van der Waals surface area contributed by atoms with Crippen molar-refractivity contribution in [2.45, 2.75) is 32.4 Å². The number of nitrogens with one attached hydrogen (secondary N) is 2. The number of carbonyl (C=O) groups is 1. The number of pyridine rings is 1. The molecule has 8 heteroatoms. The van der Waals surface area contributed by atoms with Gasteiger partial charge in [0.1, 0.15) is 18.0 Å². The highest BCUT2D eigenvalue weighted by Crippen LogP contribution is 2.30. The lowest BCUT2D eigenvalue weighted by Gasteiger charge is -2.40. The van der Waals surface area contributed by atoms with Gasteiger partial charge in [-0.3, -0.25) is 9.59 Å². The summed E-state index contributed by atoms with van der Waals surface area (Å²) in [6.45, 7) is 6.11. The lowest BCUT2D eigenvalue weighted by Crippen LogP contribution is -3.13. The Labute approximate surface area is 232 Å². The maximum atomic E-state index is 12.7. The third kappa shape index (κ3) is 5.22. The van der Waals surface area contributed by atoms with Crippen LogP contribution in [0, 0.1) is 5.92 Å². The molecule has 6 rings (SSSR count). The van der Waals surface area contributed by atoms with Gasteiger partial charge in [0.05, 0.1) is 31.5 Å². The molecule has 40 heavy (non-hydrogen) atoms. The Morgan fingerprint density at radius 1 is 1.10 bits per heavy atom. The van der Waals surface area contributed by atoms with Gasteiger partial charge in [-0.2, -0.15) is 5.10 Å². The molecule has 0 spiro atoms. The predicted octanol–water partition coefficient (Wildman–Crippen LogP) is 3.07. The summed E-state index contributed by atoms with van der Waals surface area (Å²) in [6.07, 6.45) is 2.74. The van der Waals surface area contributed by atoms with Gasteiger partial charge in [0.2, 0.25) is 0 Å². The van der Waals surface area contributed by atoms with Crippen molar-refractivity contribution in [3.8, 4) is 11.5 Å². The molecule has 3 heterocycles. The summed E-state index contributed by atoms with van der Waals surface area (Å²) < 4.78 is 7.91. The van der Waals surface area contributed by atoms with Crippen LogP contribution in [0.4, 0.5) is 0 Å². The molecule has 1 fully saturated rings. The number of phenolic OH excluding ortho intramolecular Hbond substituents is 1. The number of hydrogen-bond donors (Lipinski definition) is 3. The van der Waals surface area contributed by atoms with E-state index in [1.54, 1.807) is 24.4 Å². The Hall–Kier alpha value is -4.43. The van der Waals surface area contributed by atoms with Crippen LogP contribution in [0.5, 0.6) is 11.5 Å². The van der Waals surface area contributed by atoms with E-state index in [1.807, 2.05) is 54.0 Å². The predicted molar refractivity (Wildman–Crippen MR) is 154 cm³/mol. The summed E-state index contributed by atoms with van der Waals surface area (Å²) in [4.78, 5) is 26.6. The van der Waals surface area contributed by atoms with Crippen molar-refractivity contribution >= 4 is 22.9 Å². The first-order valence-electron chi connectivity index (χ1n) is 13.8. The fourth-order valence-electron chi connectivity index (χ4n) is 6.28. The van der Waals surface area contributed by atoms with Crippen LogP contribution in [-0.2, 0) is 13.1 Å². The number of hydrogen-bond acceptors (Lipinski definition) is 5. The van der Waals surface area contributed by atoms with Gasteiger partial charge in [-0.25, -0.2) is 5.43 Å². The minimum atomic E-state index is -0.477. The van der Waals surface area contributed by atoms with Gasteiger partial charge in [0.15, 0.2) is 0 Å². The second kappa shape index (κ2) is 11.0. The highest BCUT2D eigenvalue weighted by molar-refractivity contribution is 6.01. The summed E-state index contributed by atoms with van der Waals surface area (Å²) in [7, 11) is 0. The van der Waals surface area contributed by atoms with Gasteiger partial charge >= 0.3 is 0 Å². The Balaban J connectivity index is 1.17. The second-order valence-electron chi connectivity index (χ2n) is 10.7.